The molecule has 132 valence electrons. The van der Waals surface area contributed by atoms with E-state index in [1.54, 1.807) is 0 Å². The van der Waals surface area contributed by atoms with Crippen LogP contribution in [-0.4, -0.2) is 13.0 Å². The van der Waals surface area contributed by atoms with E-state index >= 15 is 0 Å². The van der Waals surface area contributed by atoms with Crippen molar-refractivity contribution in [2.24, 2.45) is 0 Å². The highest BCUT2D eigenvalue weighted by atomic mass is 127. The van der Waals surface area contributed by atoms with Crippen LogP contribution >= 0.6 is 22.6 Å². The van der Waals surface area contributed by atoms with E-state index in [-0.39, 0.29) is 0 Å². The Kier molecular flexibility index (Phi) is 7.24. The van der Waals surface area contributed by atoms with Gasteiger partial charge in [0, 0.05) is 3.57 Å². The lowest BCUT2D eigenvalue weighted by Crippen LogP contribution is -2.05. The van der Waals surface area contributed by atoms with Crippen LogP contribution in [0.1, 0.15) is 30.9 Å². The maximum atomic E-state index is 12.0. The molecule has 0 aliphatic carbocycles. The zero-order valence-electron chi connectivity index (χ0n) is 12.9. The van der Waals surface area contributed by atoms with E-state index in [0.717, 1.165) is 0 Å². The summed E-state index contributed by atoms with van der Waals surface area (Å²) in [5.74, 6) is 0.650. The van der Waals surface area contributed by atoms with Crippen LogP contribution in [0.2, 0.25) is 0 Å². The first-order valence-electron chi connectivity index (χ1n) is 6.81. The molecule has 0 fully saturated rings. The number of halogens is 4. The zero-order valence-corrected chi connectivity index (χ0v) is 15.9. The molecule has 0 spiro atoms. The van der Waals surface area contributed by atoms with E-state index in [0.29, 0.717) is 30.2 Å². The fourth-order valence-corrected chi connectivity index (χ4v) is 2.50. The maximum Gasteiger partial charge on any atom is 0.416 e. The highest BCUT2D eigenvalue weighted by Gasteiger charge is 2.30. The molecule has 3 nitrogen and oxygen atoms in total. The van der Waals surface area contributed by atoms with Gasteiger partial charge in [0.25, 0.3) is 10.1 Å². The molecule has 0 aliphatic heterocycles. The molecule has 24 heavy (non-hydrogen) atoms. The second-order valence-electron chi connectivity index (χ2n) is 5.20. The third kappa shape index (κ3) is 6.78. The monoisotopic (exact) mass is 472 g/mol. The summed E-state index contributed by atoms with van der Waals surface area (Å²) in [6.07, 6.45) is -4.52. The number of alkyl halides is 3. The van der Waals surface area contributed by atoms with Crippen molar-refractivity contribution in [1.29, 1.82) is 0 Å². The Labute approximate surface area is 152 Å². The van der Waals surface area contributed by atoms with Crippen molar-refractivity contribution in [3.8, 4) is 0 Å². The van der Waals surface area contributed by atoms with Crippen LogP contribution in [0.5, 0.6) is 0 Å². The largest absolute Gasteiger partial charge is 0.416 e. The van der Waals surface area contributed by atoms with Gasteiger partial charge in [0.05, 0.1) is 10.5 Å². The molecular formula is C16H16F3IO3S. The molecular weight excluding hydrogens is 456 g/mol. The van der Waals surface area contributed by atoms with Crippen LogP contribution in [0.15, 0.2) is 53.4 Å². The fourth-order valence-electron chi connectivity index (χ4n) is 1.66. The maximum absolute atomic E-state index is 12.0. The van der Waals surface area contributed by atoms with Crippen molar-refractivity contribution in [3.05, 3.63) is 63.2 Å². The first-order valence-corrected chi connectivity index (χ1v) is 9.33. The lowest BCUT2D eigenvalue weighted by Gasteiger charge is -2.05. The van der Waals surface area contributed by atoms with E-state index < -0.39 is 26.8 Å². The molecule has 0 aromatic heterocycles. The summed E-state index contributed by atoms with van der Waals surface area (Å²) < 4.78 is 66.7. The van der Waals surface area contributed by atoms with Crippen LogP contribution in [0.25, 0.3) is 0 Å². The third-order valence-electron chi connectivity index (χ3n) is 3.02. The van der Waals surface area contributed by atoms with Gasteiger partial charge in [-0.25, -0.2) is 0 Å². The minimum absolute atomic E-state index is 0.564. The second-order valence-corrected chi connectivity index (χ2v) is 7.87. The van der Waals surface area contributed by atoms with Crippen molar-refractivity contribution in [2.45, 2.75) is 30.8 Å². The summed E-state index contributed by atoms with van der Waals surface area (Å²) in [5, 5.41) is 0. The van der Waals surface area contributed by atoms with E-state index in [1.807, 2.05) is 0 Å². The molecule has 0 saturated heterocycles. The van der Waals surface area contributed by atoms with E-state index in [1.165, 1.54) is 9.13 Å². The molecule has 0 radical (unpaired) electrons. The van der Waals surface area contributed by atoms with Gasteiger partial charge in [0.15, 0.2) is 0 Å². The number of hydrogen-bond acceptors (Lipinski definition) is 2. The predicted molar refractivity (Wildman–Crippen MR) is 94.5 cm³/mol. The zero-order chi connectivity index (χ0) is 18.5. The Morgan fingerprint density at radius 2 is 1.42 bits per heavy atom. The smallest absolute Gasteiger partial charge is 0.282 e. The highest BCUT2D eigenvalue weighted by Crippen LogP contribution is 2.29. The Morgan fingerprint density at radius 1 is 0.958 bits per heavy atom. The normalized spacial score (nSPS) is 11.8. The minimum atomic E-state index is -4.52. The molecule has 2 aromatic carbocycles. The van der Waals surface area contributed by atoms with E-state index in [4.69, 9.17) is 4.55 Å². The highest BCUT2D eigenvalue weighted by molar-refractivity contribution is 14.1. The van der Waals surface area contributed by atoms with E-state index in [9.17, 15) is 21.6 Å². The van der Waals surface area contributed by atoms with Crippen molar-refractivity contribution < 1.29 is 26.1 Å². The molecule has 0 bridgehead atoms. The van der Waals surface area contributed by atoms with Crippen molar-refractivity contribution in [3.63, 3.8) is 0 Å². The van der Waals surface area contributed by atoms with Crippen LogP contribution < -0.4 is 0 Å². The average Bonchev–Trinajstić information content (AvgIpc) is 2.47. The fraction of sp³-hybridized carbons (Fsp3) is 0.250. The van der Waals surface area contributed by atoms with Crippen LogP contribution in [0.3, 0.4) is 0 Å². The lowest BCUT2D eigenvalue weighted by molar-refractivity contribution is -0.137. The van der Waals surface area contributed by atoms with Crippen molar-refractivity contribution >= 4 is 32.7 Å². The summed E-state index contributed by atoms with van der Waals surface area (Å²) in [6, 6.07) is 11.2. The summed E-state index contributed by atoms with van der Waals surface area (Å²) >= 11 is 2.32. The minimum Gasteiger partial charge on any atom is -0.282 e. The molecule has 0 saturated carbocycles. The number of benzene rings is 2. The molecule has 0 heterocycles. The third-order valence-corrected chi connectivity index (χ3v) is 4.60. The van der Waals surface area contributed by atoms with Crippen LogP contribution in [-0.2, 0) is 16.3 Å². The molecule has 2 rings (SSSR count). The number of hydrogen-bond donors (Lipinski definition) is 1. The second kappa shape index (κ2) is 8.30. The van der Waals surface area contributed by atoms with Gasteiger partial charge in [-0.15, -0.1) is 0 Å². The first-order chi connectivity index (χ1) is 10.9. The Hall–Kier alpha value is -1.13. The SMILES string of the molecule is CC(C)c1ccc(I)cc1.O=S(=O)(O)c1ccc(C(F)(F)F)cc1. The van der Waals surface area contributed by atoms with Gasteiger partial charge in [-0.3, -0.25) is 4.55 Å². The van der Waals surface area contributed by atoms with Crippen molar-refractivity contribution in [2.75, 3.05) is 0 Å². The summed E-state index contributed by atoms with van der Waals surface area (Å²) in [6.45, 7) is 4.42. The Morgan fingerprint density at radius 3 is 1.75 bits per heavy atom. The van der Waals surface area contributed by atoms with E-state index in [2.05, 4.69) is 60.7 Å². The topological polar surface area (TPSA) is 54.4 Å². The molecule has 2 aromatic rings. The van der Waals surface area contributed by atoms with Crippen LogP contribution in [0, 0.1) is 3.57 Å². The number of rotatable bonds is 2. The Bertz CT molecular complexity index is 753. The molecule has 8 heteroatoms. The van der Waals surface area contributed by atoms with Gasteiger partial charge in [-0.05, 0) is 70.5 Å². The predicted octanol–water partition coefficient (Wildman–Crippen LogP) is 5.37. The van der Waals surface area contributed by atoms with Gasteiger partial charge >= 0.3 is 6.18 Å². The van der Waals surface area contributed by atoms with Crippen molar-refractivity contribution in [1.82, 2.24) is 0 Å². The first kappa shape index (κ1) is 20.9. The lowest BCUT2D eigenvalue weighted by atomic mass is 10.0. The summed E-state index contributed by atoms with van der Waals surface area (Å²) in [7, 11) is -4.43. The van der Waals surface area contributed by atoms with Crippen LogP contribution in [0.4, 0.5) is 13.2 Å². The molecule has 0 aliphatic rings. The standard InChI is InChI=1S/C9H11I.C7H5F3O3S/c1-7(2)8-3-5-9(10)6-4-8;8-7(9,10)5-1-3-6(4-2-5)14(11,12)13/h3-7H,1-2H3;1-4H,(H,11,12,13). The Balaban J connectivity index is 0.000000254. The molecule has 1 N–H and O–H groups in total. The van der Waals surface area contributed by atoms with Gasteiger partial charge in [0.1, 0.15) is 0 Å². The van der Waals surface area contributed by atoms with Gasteiger partial charge in [-0.1, -0.05) is 26.0 Å². The quantitative estimate of drug-likeness (QED) is 0.473. The van der Waals surface area contributed by atoms with Gasteiger partial charge < -0.3 is 0 Å². The van der Waals surface area contributed by atoms with Gasteiger partial charge in [-0.2, -0.15) is 21.6 Å². The molecule has 0 atom stereocenters. The van der Waals surface area contributed by atoms with Gasteiger partial charge in [0.2, 0.25) is 0 Å². The average molecular weight is 472 g/mol. The summed E-state index contributed by atoms with van der Waals surface area (Å²) in [5.41, 5.74) is 0.449. The molecule has 0 unspecified atom stereocenters. The summed E-state index contributed by atoms with van der Waals surface area (Å²) in [4.78, 5) is -0.564. The molecule has 0 amide bonds.